The molecule has 1 aliphatic rings. The summed E-state index contributed by atoms with van der Waals surface area (Å²) in [6, 6.07) is 11.9. The quantitative estimate of drug-likeness (QED) is 0.437. The Hall–Kier alpha value is -4.27. The van der Waals surface area contributed by atoms with E-state index in [2.05, 4.69) is 4.98 Å². The van der Waals surface area contributed by atoms with Gasteiger partial charge in [-0.15, -0.1) is 0 Å². The van der Waals surface area contributed by atoms with E-state index in [-0.39, 0.29) is 30.2 Å². The van der Waals surface area contributed by atoms with Crippen LogP contribution in [0.5, 0.6) is 5.75 Å². The highest BCUT2D eigenvalue weighted by atomic mass is 19.1. The lowest BCUT2D eigenvalue weighted by Crippen LogP contribution is -2.37. The van der Waals surface area contributed by atoms with Gasteiger partial charge in [-0.3, -0.25) is 4.79 Å². The van der Waals surface area contributed by atoms with E-state index in [4.69, 9.17) is 4.74 Å². The van der Waals surface area contributed by atoms with E-state index in [1.54, 1.807) is 23.2 Å². The molecule has 4 aromatic rings. The second kappa shape index (κ2) is 9.41. The Labute approximate surface area is 205 Å². The predicted molar refractivity (Wildman–Crippen MR) is 128 cm³/mol. The molecule has 1 aliphatic heterocycles. The minimum atomic E-state index is -1.10. The van der Waals surface area contributed by atoms with Crippen LogP contribution in [0.3, 0.4) is 0 Å². The van der Waals surface area contributed by atoms with E-state index in [9.17, 15) is 23.5 Å². The van der Waals surface area contributed by atoms with E-state index < -0.39 is 17.6 Å². The van der Waals surface area contributed by atoms with Gasteiger partial charge >= 0.3 is 5.97 Å². The van der Waals surface area contributed by atoms with E-state index in [0.29, 0.717) is 36.3 Å². The Bertz CT molecular complexity index is 1480. The van der Waals surface area contributed by atoms with Crippen LogP contribution in [-0.2, 0) is 30.7 Å². The first-order valence-electron chi connectivity index (χ1n) is 11.4. The van der Waals surface area contributed by atoms with Gasteiger partial charge in [0.15, 0.2) is 0 Å². The Kier molecular flexibility index (Phi) is 6.13. The summed E-state index contributed by atoms with van der Waals surface area (Å²) in [6.45, 7) is 1.05. The fraction of sp³-hybridized carbons (Fsp3) is 0.222. The van der Waals surface area contributed by atoms with Crippen LogP contribution in [0, 0.1) is 11.6 Å². The average molecular weight is 491 g/mol. The molecule has 0 saturated carbocycles. The predicted octanol–water partition coefficient (Wildman–Crippen LogP) is 4.20. The summed E-state index contributed by atoms with van der Waals surface area (Å²) in [6.07, 6.45) is 2.38. The molecule has 7 nitrogen and oxygen atoms in total. The highest BCUT2D eigenvalue weighted by Gasteiger charge is 2.27. The Morgan fingerprint density at radius 2 is 1.86 bits per heavy atom. The molecular formula is C27H23F2N3O4. The summed E-state index contributed by atoms with van der Waals surface area (Å²) in [5.74, 6) is -2.32. The van der Waals surface area contributed by atoms with Gasteiger partial charge in [-0.05, 0) is 59.5 Å². The topological polar surface area (TPSA) is 84.7 Å². The number of aromatic carboxylic acids is 1. The van der Waals surface area contributed by atoms with Crippen LogP contribution >= 0.6 is 0 Å². The SMILES string of the molecule is COc1cc(CC(=O)N2CCc3c(n(Cc4cc(F)cc(F)c4)c4ncccc34)C2)ccc1C(=O)O. The largest absolute Gasteiger partial charge is 0.496 e. The van der Waals surface area contributed by atoms with Gasteiger partial charge in [-0.2, -0.15) is 0 Å². The number of carboxylic acid groups (broad SMARTS) is 1. The Morgan fingerprint density at radius 1 is 1.08 bits per heavy atom. The molecule has 0 fully saturated rings. The third-order valence-electron chi connectivity index (χ3n) is 6.48. The number of nitrogens with zero attached hydrogens (tertiary/aromatic N) is 3. The van der Waals surface area contributed by atoms with Crippen LogP contribution in [0.25, 0.3) is 11.0 Å². The molecular weight excluding hydrogens is 468 g/mol. The van der Waals surface area contributed by atoms with Gasteiger partial charge in [0.2, 0.25) is 5.91 Å². The van der Waals surface area contributed by atoms with Crippen molar-refractivity contribution in [1.82, 2.24) is 14.5 Å². The summed E-state index contributed by atoms with van der Waals surface area (Å²) < 4.78 is 34.8. The number of hydrogen-bond donors (Lipinski definition) is 1. The molecule has 2 aromatic carbocycles. The van der Waals surface area contributed by atoms with Crippen molar-refractivity contribution >= 4 is 22.9 Å². The van der Waals surface area contributed by atoms with Crippen molar-refractivity contribution in [1.29, 1.82) is 0 Å². The monoisotopic (exact) mass is 491 g/mol. The fourth-order valence-electron chi connectivity index (χ4n) is 4.84. The molecule has 0 spiro atoms. The van der Waals surface area contributed by atoms with E-state index in [1.165, 1.54) is 25.3 Å². The number of carboxylic acids is 1. The first kappa shape index (κ1) is 23.5. The normalized spacial score (nSPS) is 13.0. The van der Waals surface area contributed by atoms with Gasteiger partial charge in [0, 0.05) is 36.4 Å². The van der Waals surface area contributed by atoms with Crippen molar-refractivity contribution in [2.24, 2.45) is 0 Å². The standard InChI is InChI=1S/C27H23F2N3O4/c1-36-24-11-16(4-5-22(24)27(34)35)12-25(33)31-8-6-20-21-3-2-7-30-26(21)32(23(20)15-31)14-17-9-18(28)13-19(29)10-17/h2-5,7,9-11,13H,6,8,12,14-15H2,1H3,(H,34,35). The minimum Gasteiger partial charge on any atom is -0.496 e. The number of aromatic nitrogens is 2. The maximum absolute atomic E-state index is 13.8. The van der Waals surface area contributed by atoms with Crippen molar-refractivity contribution in [3.05, 3.63) is 94.3 Å². The lowest BCUT2D eigenvalue weighted by Gasteiger charge is -2.29. The van der Waals surface area contributed by atoms with E-state index >= 15 is 0 Å². The first-order valence-corrected chi connectivity index (χ1v) is 11.4. The maximum atomic E-state index is 13.8. The maximum Gasteiger partial charge on any atom is 0.339 e. The summed E-state index contributed by atoms with van der Waals surface area (Å²) in [5.41, 5.74) is 3.80. The average Bonchev–Trinajstić information content (AvgIpc) is 3.16. The van der Waals surface area contributed by atoms with Crippen molar-refractivity contribution in [2.45, 2.75) is 25.9 Å². The molecule has 184 valence electrons. The van der Waals surface area contributed by atoms with Crippen molar-refractivity contribution in [3.63, 3.8) is 0 Å². The lowest BCUT2D eigenvalue weighted by molar-refractivity contribution is -0.131. The number of fused-ring (bicyclic) bond motifs is 3. The van der Waals surface area contributed by atoms with Gasteiger partial charge in [0.25, 0.3) is 0 Å². The van der Waals surface area contributed by atoms with Crippen LogP contribution in [0.1, 0.15) is 32.7 Å². The summed E-state index contributed by atoms with van der Waals surface area (Å²) in [5, 5.41) is 10.2. The molecule has 0 atom stereocenters. The van der Waals surface area contributed by atoms with Crippen molar-refractivity contribution in [3.8, 4) is 5.75 Å². The molecule has 2 aromatic heterocycles. The number of benzene rings is 2. The van der Waals surface area contributed by atoms with E-state index in [0.717, 1.165) is 22.7 Å². The van der Waals surface area contributed by atoms with Gasteiger partial charge in [-0.25, -0.2) is 18.6 Å². The fourth-order valence-corrected chi connectivity index (χ4v) is 4.84. The van der Waals surface area contributed by atoms with Crippen LogP contribution < -0.4 is 4.74 Å². The lowest BCUT2D eigenvalue weighted by atomic mass is 10.0. The van der Waals surface area contributed by atoms with Gasteiger partial charge in [0.1, 0.15) is 28.6 Å². The highest BCUT2D eigenvalue weighted by Crippen LogP contribution is 2.31. The number of pyridine rings is 1. The number of carbonyl (C=O) groups is 2. The number of hydrogen-bond acceptors (Lipinski definition) is 4. The number of rotatable bonds is 6. The second-order valence-electron chi connectivity index (χ2n) is 8.75. The third-order valence-corrected chi connectivity index (χ3v) is 6.48. The first-order chi connectivity index (χ1) is 17.3. The molecule has 3 heterocycles. The molecule has 0 radical (unpaired) electrons. The molecule has 1 N–H and O–H groups in total. The number of ether oxygens (including phenoxy) is 1. The van der Waals surface area contributed by atoms with Gasteiger partial charge < -0.3 is 19.3 Å². The zero-order valence-electron chi connectivity index (χ0n) is 19.5. The highest BCUT2D eigenvalue weighted by molar-refractivity contribution is 5.91. The summed E-state index contributed by atoms with van der Waals surface area (Å²) in [4.78, 5) is 30.8. The molecule has 5 rings (SSSR count). The Morgan fingerprint density at radius 3 is 2.58 bits per heavy atom. The molecule has 0 aliphatic carbocycles. The zero-order chi connectivity index (χ0) is 25.4. The van der Waals surface area contributed by atoms with Gasteiger partial charge in [-0.1, -0.05) is 6.07 Å². The molecule has 0 unspecified atom stereocenters. The van der Waals surface area contributed by atoms with Crippen molar-refractivity contribution in [2.75, 3.05) is 13.7 Å². The molecule has 0 bridgehead atoms. The molecule has 1 amide bonds. The Balaban J connectivity index is 1.44. The number of amides is 1. The zero-order valence-corrected chi connectivity index (χ0v) is 19.5. The number of carbonyl (C=O) groups excluding carboxylic acids is 1. The van der Waals surface area contributed by atoms with Gasteiger partial charge in [0.05, 0.1) is 20.1 Å². The number of methoxy groups -OCH3 is 1. The number of halogens is 2. The summed E-state index contributed by atoms with van der Waals surface area (Å²) in [7, 11) is 1.39. The van der Waals surface area contributed by atoms with Crippen LogP contribution in [-0.4, -0.2) is 45.1 Å². The van der Waals surface area contributed by atoms with Crippen molar-refractivity contribution < 1.29 is 28.2 Å². The van der Waals surface area contributed by atoms with Crippen LogP contribution in [0.15, 0.2) is 54.7 Å². The van der Waals surface area contributed by atoms with Crippen LogP contribution in [0.4, 0.5) is 8.78 Å². The molecule has 36 heavy (non-hydrogen) atoms. The van der Waals surface area contributed by atoms with E-state index in [1.807, 2.05) is 16.7 Å². The molecule has 0 saturated heterocycles. The smallest absolute Gasteiger partial charge is 0.339 e. The minimum absolute atomic E-state index is 0.0297. The van der Waals surface area contributed by atoms with Crippen LogP contribution in [0.2, 0.25) is 0 Å². The second-order valence-corrected chi connectivity index (χ2v) is 8.75. The third kappa shape index (κ3) is 4.39. The summed E-state index contributed by atoms with van der Waals surface area (Å²) >= 11 is 0. The molecule has 9 heteroatoms.